The number of thioether (sulfide) groups is 1. The lowest BCUT2D eigenvalue weighted by Crippen LogP contribution is -2.24. The molecule has 1 N–H and O–H groups in total. The van der Waals surface area contributed by atoms with Gasteiger partial charge in [0.15, 0.2) is 0 Å². The van der Waals surface area contributed by atoms with Crippen LogP contribution >= 0.6 is 11.8 Å². The molecule has 134 valence electrons. The lowest BCUT2D eigenvalue weighted by Gasteiger charge is -2.20. The molecule has 2 heterocycles. The van der Waals surface area contributed by atoms with Crippen LogP contribution in [0.3, 0.4) is 0 Å². The first-order valence-corrected chi connectivity index (χ1v) is 9.78. The minimum Gasteiger partial charge on any atom is -0.322 e. The summed E-state index contributed by atoms with van der Waals surface area (Å²) in [6.45, 7) is 4.43. The first kappa shape index (κ1) is 18.4. The van der Waals surface area contributed by atoms with E-state index in [0.29, 0.717) is 17.4 Å². The van der Waals surface area contributed by atoms with Gasteiger partial charge in [0.25, 0.3) is 5.91 Å². The van der Waals surface area contributed by atoms with Crippen LogP contribution in [0.5, 0.6) is 0 Å². The molecule has 3 rings (SSSR count). The predicted molar refractivity (Wildman–Crippen MR) is 106 cm³/mol. The molecule has 0 fully saturated rings. The summed E-state index contributed by atoms with van der Waals surface area (Å²) >= 11 is 1.56. The van der Waals surface area contributed by atoms with E-state index in [1.165, 1.54) is 0 Å². The van der Waals surface area contributed by atoms with Gasteiger partial charge in [-0.15, -0.1) is 11.8 Å². The second kappa shape index (κ2) is 8.81. The number of carbonyl (C=O) groups excluding carboxylic acids is 1. The maximum absolute atomic E-state index is 12.7. The third kappa shape index (κ3) is 4.82. The van der Waals surface area contributed by atoms with Gasteiger partial charge in [-0.25, -0.2) is 4.98 Å². The number of nitrogens with zero attached hydrogens (tertiary/aromatic N) is 2. The minimum absolute atomic E-state index is 0.116. The van der Waals surface area contributed by atoms with Crippen molar-refractivity contribution in [3.05, 3.63) is 77.9 Å². The summed E-state index contributed by atoms with van der Waals surface area (Å²) in [6.07, 6.45) is 12.5. The Morgan fingerprint density at radius 2 is 2.08 bits per heavy atom. The van der Waals surface area contributed by atoms with E-state index in [4.69, 9.17) is 0 Å². The molecule has 4 nitrogen and oxygen atoms in total. The van der Waals surface area contributed by atoms with Gasteiger partial charge in [0.05, 0.1) is 5.56 Å². The van der Waals surface area contributed by atoms with Crippen LogP contribution in [0, 0.1) is 11.8 Å². The van der Waals surface area contributed by atoms with Crippen LogP contribution < -0.4 is 5.32 Å². The Morgan fingerprint density at radius 3 is 2.77 bits per heavy atom. The molecule has 2 aromatic rings. The molecule has 1 aliphatic rings. The highest BCUT2D eigenvalue weighted by molar-refractivity contribution is 7.98. The third-order valence-electron chi connectivity index (χ3n) is 4.39. The molecule has 1 amide bonds. The van der Waals surface area contributed by atoms with E-state index in [1.807, 2.05) is 24.3 Å². The maximum Gasteiger partial charge on any atom is 0.258 e. The standard InChI is InChI=1S/C21H23N3OS/c1-15(2)17-5-7-18(8-6-17)24-20(25)19-4-3-11-23-21(19)26-14-16-9-12-22-13-10-16/h3-5,7-13,15,17H,6,14H2,1-2H3,(H,24,25). The first-order chi connectivity index (χ1) is 12.6. The molecule has 0 aliphatic heterocycles. The molecular weight excluding hydrogens is 342 g/mol. The van der Waals surface area contributed by atoms with Crippen LogP contribution in [-0.2, 0) is 5.75 Å². The summed E-state index contributed by atoms with van der Waals surface area (Å²) in [5, 5.41) is 3.74. The van der Waals surface area contributed by atoms with Crippen LogP contribution in [0.1, 0.15) is 36.2 Å². The van der Waals surface area contributed by atoms with Gasteiger partial charge in [0.2, 0.25) is 0 Å². The van der Waals surface area contributed by atoms with Crippen LogP contribution in [0.25, 0.3) is 0 Å². The van der Waals surface area contributed by atoms with Gasteiger partial charge in [-0.2, -0.15) is 0 Å². The normalized spacial score (nSPS) is 16.4. The Bertz CT molecular complexity index is 815. The van der Waals surface area contributed by atoms with Crippen molar-refractivity contribution in [2.75, 3.05) is 0 Å². The molecule has 0 spiro atoms. The van der Waals surface area contributed by atoms with E-state index in [-0.39, 0.29) is 5.91 Å². The molecule has 2 aromatic heterocycles. The smallest absolute Gasteiger partial charge is 0.258 e. The van der Waals surface area contributed by atoms with Crippen molar-refractivity contribution in [3.63, 3.8) is 0 Å². The van der Waals surface area contributed by atoms with Crippen LogP contribution in [-0.4, -0.2) is 15.9 Å². The van der Waals surface area contributed by atoms with Crippen molar-refractivity contribution in [3.8, 4) is 0 Å². The van der Waals surface area contributed by atoms with Crippen LogP contribution in [0.4, 0.5) is 0 Å². The minimum atomic E-state index is -0.116. The fraction of sp³-hybridized carbons (Fsp3) is 0.286. The number of rotatable bonds is 6. The Balaban J connectivity index is 1.66. The van der Waals surface area contributed by atoms with Crippen molar-refractivity contribution >= 4 is 17.7 Å². The summed E-state index contributed by atoms with van der Waals surface area (Å²) in [5.74, 6) is 1.78. The highest BCUT2D eigenvalue weighted by Crippen LogP contribution is 2.25. The largest absolute Gasteiger partial charge is 0.322 e. The second-order valence-electron chi connectivity index (χ2n) is 6.62. The zero-order valence-corrected chi connectivity index (χ0v) is 15.9. The van der Waals surface area contributed by atoms with Crippen molar-refractivity contribution in [2.24, 2.45) is 11.8 Å². The zero-order chi connectivity index (χ0) is 18.4. The number of pyridine rings is 2. The van der Waals surface area contributed by atoms with Gasteiger partial charge in [0, 0.05) is 30.0 Å². The van der Waals surface area contributed by atoms with E-state index in [0.717, 1.165) is 28.5 Å². The van der Waals surface area contributed by atoms with E-state index >= 15 is 0 Å². The molecule has 26 heavy (non-hydrogen) atoms. The number of hydrogen-bond donors (Lipinski definition) is 1. The highest BCUT2D eigenvalue weighted by atomic mass is 32.2. The molecule has 5 heteroatoms. The SMILES string of the molecule is CC(C)C1C=CC(NC(=O)c2cccnc2SCc2ccncc2)=CC1. The van der Waals surface area contributed by atoms with E-state index in [9.17, 15) is 4.79 Å². The number of amides is 1. The fourth-order valence-electron chi connectivity index (χ4n) is 2.73. The van der Waals surface area contributed by atoms with Gasteiger partial charge >= 0.3 is 0 Å². The highest BCUT2D eigenvalue weighted by Gasteiger charge is 2.16. The lowest BCUT2D eigenvalue weighted by atomic mass is 9.89. The fourth-order valence-corrected chi connectivity index (χ4v) is 3.68. The molecule has 0 bridgehead atoms. The molecule has 1 aliphatic carbocycles. The number of carbonyl (C=O) groups is 1. The Hall–Kier alpha value is -2.40. The average molecular weight is 366 g/mol. The molecule has 0 radical (unpaired) electrons. The molecule has 0 saturated carbocycles. The Kier molecular flexibility index (Phi) is 6.23. The quantitative estimate of drug-likeness (QED) is 0.759. The Labute approximate surface area is 158 Å². The molecule has 0 saturated heterocycles. The number of allylic oxidation sites excluding steroid dienone is 3. The van der Waals surface area contributed by atoms with Crippen LogP contribution in [0.2, 0.25) is 0 Å². The average Bonchev–Trinajstić information content (AvgIpc) is 2.68. The second-order valence-corrected chi connectivity index (χ2v) is 7.58. The summed E-state index contributed by atoms with van der Waals surface area (Å²) < 4.78 is 0. The number of aromatic nitrogens is 2. The zero-order valence-electron chi connectivity index (χ0n) is 15.1. The third-order valence-corrected chi connectivity index (χ3v) is 5.46. The predicted octanol–water partition coefficient (Wildman–Crippen LogP) is 4.61. The van der Waals surface area contributed by atoms with Gasteiger partial charge in [-0.1, -0.05) is 26.0 Å². The summed E-state index contributed by atoms with van der Waals surface area (Å²) in [4.78, 5) is 21.1. The van der Waals surface area contributed by atoms with E-state index in [2.05, 4.69) is 41.3 Å². The van der Waals surface area contributed by atoms with Crippen molar-refractivity contribution in [1.29, 1.82) is 0 Å². The lowest BCUT2D eigenvalue weighted by molar-refractivity contribution is 0.0963. The van der Waals surface area contributed by atoms with E-state index < -0.39 is 0 Å². The van der Waals surface area contributed by atoms with Crippen molar-refractivity contribution in [2.45, 2.75) is 31.0 Å². The maximum atomic E-state index is 12.7. The number of hydrogen-bond acceptors (Lipinski definition) is 4. The van der Waals surface area contributed by atoms with Gasteiger partial charge in [-0.05, 0) is 54.2 Å². The first-order valence-electron chi connectivity index (χ1n) is 8.80. The monoisotopic (exact) mass is 365 g/mol. The number of nitrogens with one attached hydrogen (secondary N) is 1. The molecule has 1 atom stereocenters. The summed E-state index contributed by atoms with van der Waals surface area (Å²) in [6, 6.07) is 7.56. The Morgan fingerprint density at radius 1 is 1.27 bits per heavy atom. The van der Waals surface area contributed by atoms with Gasteiger partial charge < -0.3 is 5.32 Å². The van der Waals surface area contributed by atoms with E-state index in [1.54, 1.807) is 36.4 Å². The van der Waals surface area contributed by atoms with Crippen LogP contribution in [0.15, 0.2) is 71.8 Å². The molecule has 0 aromatic carbocycles. The van der Waals surface area contributed by atoms with Gasteiger partial charge in [-0.3, -0.25) is 9.78 Å². The van der Waals surface area contributed by atoms with Gasteiger partial charge in [0.1, 0.15) is 5.03 Å². The summed E-state index contributed by atoms with van der Waals surface area (Å²) in [5.41, 5.74) is 2.62. The molecular formula is C21H23N3OS. The van der Waals surface area contributed by atoms with Crippen molar-refractivity contribution < 1.29 is 4.79 Å². The topological polar surface area (TPSA) is 54.9 Å². The molecule has 1 unspecified atom stereocenters. The summed E-state index contributed by atoms with van der Waals surface area (Å²) in [7, 11) is 0. The van der Waals surface area contributed by atoms with Crippen molar-refractivity contribution in [1.82, 2.24) is 15.3 Å².